The van der Waals surface area contributed by atoms with Gasteiger partial charge in [0.25, 0.3) is 0 Å². The van der Waals surface area contributed by atoms with Gasteiger partial charge in [-0.05, 0) is 25.0 Å². The second-order valence-corrected chi connectivity index (χ2v) is 5.80. The summed E-state index contributed by atoms with van der Waals surface area (Å²) >= 11 is 1.94. The maximum absolute atomic E-state index is 11.3. The Hall–Kier alpha value is -1.00. The highest BCUT2D eigenvalue weighted by atomic mass is 32.2. The summed E-state index contributed by atoms with van der Waals surface area (Å²) in [6.07, 6.45) is 1.70. The molecular weight excluding hydrogens is 244 g/mol. The number of rotatable bonds is 6. The summed E-state index contributed by atoms with van der Waals surface area (Å²) in [5, 5.41) is 6.78. The van der Waals surface area contributed by atoms with Gasteiger partial charge in [0, 0.05) is 36.2 Å². The van der Waals surface area contributed by atoms with Gasteiger partial charge in [-0.2, -0.15) is 0 Å². The Labute approximate surface area is 113 Å². The van der Waals surface area contributed by atoms with Crippen molar-refractivity contribution in [2.45, 2.75) is 29.9 Å². The van der Waals surface area contributed by atoms with E-state index < -0.39 is 0 Å². The van der Waals surface area contributed by atoms with E-state index in [9.17, 15) is 4.79 Å². The fraction of sp³-hybridized carbons (Fsp3) is 0.500. The first-order valence-corrected chi connectivity index (χ1v) is 7.39. The van der Waals surface area contributed by atoms with Gasteiger partial charge in [-0.1, -0.05) is 18.2 Å². The molecule has 1 unspecified atom stereocenters. The van der Waals surface area contributed by atoms with Crippen LogP contribution in [0.4, 0.5) is 0 Å². The summed E-state index contributed by atoms with van der Waals surface area (Å²) in [5.41, 5.74) is 1.46. The second kappa shape index (κ2) is 6.81. The Kier molecular flexibility index (Phi) is 5.08. The van der Waals surface area contributed by atoms with Crippen LogP contribution >= 0.6 is 11.8 Å². The summed E-state index contributed by atoms with van der Waals surface area (Å²) in [5.74, 6) is 0.132. The highest BCUT2D eigenvalue weighted by Gasteiger charge is 2.20. The SMILES string of the molecule is CCNC(=O)CCNCC1Cc2ccccc2S1. The first-order chi connectivity index (χ1) is 8.79. The predicted octanol–water partition coefficient (Wildman–Crippen LogP) is 1.82. The number of carbonyl (C=O) groups is 1. The van der Waals surface area contributed by atoms with Crippen molar-refractivity contribution in [1.82, 2.24) is 10.6 Å². The molecule has 0 aliphatic carbocycles. The summed E-state index contributed by atoms with van der Waals surface area (Å²) in [4.78, 5) is 12.7. The van der Waals surface area contributed by atoms with Crippen LogP contribution in [0.5, 0.6) is 0 Å². The summed E-state index contributed by atoms with van der Waals surface area (Å²) < 4.78 is 0. The van der Waals surface area contributed by atoms with E-state index in [0.29, 0.717) is 18.2 Å². The molecule has 1 aliphatic heterocycles. The smallest absolute Gasteiger partial charge is 0.221 e. The normalized spacial score (nSPS) is 17.5. The molecule has 18 heavy (non-hydrogen) atoms. The van der Waals surface area contributed by atoms with Crippen molar-refractivity contribution in [2.75, 3.05) is 19.6 Å². The lowest BCUT2D eigenvalue weighted by Gasteiger charge is -2.09. The van der Waals surface area contributed by atoms with Gasteiger partial charge in [-0.3, -0.25) is 4.79 Å². The number of nitrogens with one attached hydrogen (secondary N) is 2. The molecule has 0 saturated carbocycles. The topological polar surface area (TPSA) is 41.1 Å². The lowest BCUT2D eigenvalue weighted by atomic mass is 10.1. The molecule has 1 aromatic rings. The van der Waals surface area contributed by atoms with Crippen LogP contribution in [0.25, 0.3) is 0 Å². The van der Waals surface area contributed by atoms with Crippen LogP contribution in [-0.2, 0) is 11.2 Å². The Morgan fingerprint density at radius 2 is 2.28 bits per heavy atom. The van der Waals surface area contributed by atoms with Crippen molar-refractivity contribution in [2.24, 2.45) is 0 Å². The van der Waals surface area contributed by atoms with Crippen LogP contribution in [0.15, 0.2) is 29.2 Å². The van der Waals surface area contributed by atoms with Gasteiger partial charge >= 0.3 is 0 Å². The Balaban J connectivity index is 1.64. The zero-order valence-electron chi connectivity index (χ0n) is 10.7. The molecular formula is C14H20N2OS. The zero-order chi connectivity index (χ0) is 12.8. The van der Waals surface area contributed by atoms with E-state index in [1.54, 1.807) is 0 Å². The van der Waals surface area contributed by atoms with E-state index in [0.717, 1.165) is 19.5 Å². The highest BCUT2D eigenvalue weighted by molar-refractivity contribution is 8.00. The maximum Gasteiger partial charge on any atom is 0.221 e. The van der Waals surface area contributed by atoms with Gasteiger partial charge < -0.3 is 10.6 Å². The minimum atomic E-state index is 0.132. The lowest BCUT2D eigenvalue weighted by Crippen LogP contribution is -2.30. The summed E-state index contributed by atoms with van der Waals surface area (Å²) in [6, 6.07) is 8.59. The van der Waals surface area contributed by atoms with Crippen molar-refractivity contribution in [3.05, 3.63) is 29.8 Å². The minimum absolute atomic E-state index is 0.132. The monoisotopic (exact) mass is 264 g/mol. The van der Waals surface area contributed by atoms with Crippen molar-refractivity contribution < 1.29 is 4.79 Å². The molecule has 4 heteroatoms. The van der Waals surface area contributed by atoms with Gasteiger partial charge in [0.1, 0.15) is 0 Å². The molecule has 0 radical (unpaired) electrons. The second-order valence-electron chi connectivity index (χ2n) is 4.46. The molecule has 1 atom stereocenters. The standard InChI is InChI=1S/C14H20N2OS/c1-2-16-14(17)7-8-15-10-12-9-11-5-3-4-6-13(11)18-12/h3-6,12,15H,2,7-10H2,1H3,(H,16,17). The van der Waals surface area contributed by atoms with E-state index in [1.807, 2.05) is 18.7 Å². The molecule has 1 heterocycles. The van der Waals surface area contributed by atoms with Crippen LogP contribution < -0.4 is 10.6 Å². The number of thioether (sulfide) groups is 1. The molecule has 98 valence electrons. The van der Waals surface area contributed by atoms with Gasteiger partial charge in [0.2, 0.25) is 5.91 Å². The van der Waals surface area contributed by atoms with Crippen molar-refractivity contribution in [1.29, 1.82) is 0 Å². The molecule has 0 spiro atoms. The van der Waals surface area contributed by atoms with E-state index in [2.05, 4.69) is 34.9 Å². The van der Waals surface area contributed by atoms with Crippen LogP contribution in [0.2, 0.25) is 0 Å². The average molecular weight is 264 g/mol. The number of fused-ring (bicyclic) bond motifs is 1. The first kappa shape index (κ1) is 13.4. The van der Waals surface area contributed by atoms with Crippen molar-refractivity contribution >= 4 is 17.7 Å². The number of hydrogen-bond acceptors (Lipinski definition) is 3. The fourth-order valence-electron chi connectivity index (χ4n) is 2.12. The van der Waals surface area contributed by atoms with Crippen molar-refractivity contribution in [3.63, 3.8) is 0 Å². The number of amides is 1. The third kappa shape index (κ3) is 3.75. The molecule has 1 amide bonds. The van der Waals surface area contributed by atoms with Gasteiger partial charge in [0.15, 0.2) is 0 Å². The molecule has 0 bridgehead atoms. The first-order valence-electron chi connectivity index (χ1n) is 6.51. The molecule has 0 aromatic heterocycles. The van der Waals surface area contributed by atoms with Crippen LogP contribution in [-0.4, -0.2) is 30.8 Å². The summed E-state index contributed by atoms with van der Waals surface area (Å²) in [6.45, 7) is 4.39. The fourth-order valence-corrected chi connectivity index (χ4v) is 3.40. The number of hydrogen-bond donors (Lipinski definition) is 2. The van der Waals surface area contributed by atoms with Crippen LogP contribution in [0, 0.1) is 0 Å². The molecule has 3 nitrogen and oxygen atoms in total. The van der Waals surface area contributed by atoms with E-state index in [-0.39, 0.29) is 5.91 Å². The molecule has 2 N–H and O–H groups in total. The third-order valence-corrected chi connectivity index (χ3v) is 4.31. The quantitative estimate of drug-likeness (QED) is 0.770. The molecule has 0 saturated heterocycles. The minimum Gasteiger partial charge on any atom is -0.356 e. The molecule has 1 aliphatic rings. The predicted molar refractivity (Wildman–Crippen MR) is 76.0 cm³/mol. The van der Waals surface area contributed by atoms with Crippen LogP contribution in [0.3, 0.4) is 0 Å². The van der Waals surface area contributed by atoms with Gasteiger partial charge in [-0.15, -0.1) is 11.8 Å². The molecule has 1 aromatic carbocycles. The van der Waals surface area contributed by atoms with Crippen LogP contribution in [0.1, 0.15) is 18.9 Å². The summed E-state index contributed by atoms with van der Waals surface area (Å²) in [7, 11) is 0. The largest absolute Gasteiger partial charge is 0.356 e. The van der Waals surface area contributed by atoms with Gasteiger partial charge in [-0.25, -0.2) is 0 Å². The zero-order valence-corrected chi connectivity index (χ0v) is 11.6. The lowest BCUT2D eigenvalue weighted by molar-refractivity contribution is -0.120. The van der Waals surface area contributed by atoms with E-state index in [1.165, 1.54) is 10.5 Å². The molecule has 0 fully saturated rings. The van der Waals surface area contributed by atoms with E-state index in [4.69, 9.17) is 0 Å². The average Bonchev–Trinajstić information content (AvgIpc) is 2.77. The number of carbonyl (C=O) groups excluding carboxylic acids is 1. The third-order valence-electron chi connectivity index (χ3n) is 2.99. The van der Waals surface area contributed by atoms with E-state index >= 15 is 0 Å². The van der Waals surface area contributed by atoms with Gasteiger partial charge in [0.05, 0.1) is 0 Å². The maximum atomic E-state index is 11.3. The highest BCUT2D eigenvalue weighted by Crippen LogP contribution is 2.36. The Morgan fingerprint density at radius 3 is 3.06 bits per heavy atom. The Morgan fingerprint density at radius 1 is 1.44 bits per heavy atom. The number of benzene rings is 1. The van der Waals surface area contributed by atoms with Crippen molar-refractivity contribution in [3.8, 4) is 0 Å². The Bertz CT molecular complexity index is 384. The molecule has 2 rings (SSSR count).